The van der Waals surface area contributed by atoms with Crippen LogP contribution in [0.1, 0.15) is 12.5 Å². The Kier molecular flexibility index (Phi) is 5.37. The Balaban J connectivity index is 1.41. The third-order valence-corrected chi connectivity index (χ3v) is 5.06. The number of aromatic nitrogens is 2. The van der Waals surface area contributed by atoms with Gasteiger partial charge in [-0.2, -0.15) is 4.98 Å². The highest BCUT2D eigenvalue weighted by Crippen LogP contribution is 2.23. The van der Waals surface area contributed by atoms with E-state index in [1.807, 2.05) is 30.3 Å². The highest BCUT2D eigenvalue weighted by molar-refractivity contribution is 5.56. The van der Waals surface area contributed by atoms with Crippen LogP contribution in [-0.2, 0) is 6.42 Å². The van der Waals surface area contributed by atoms with Crippen molar-refractivity contribution in [2.45, 2.75) is 13.3 Å². The van der Waals surface area contributed by atoms with E-state index in [2.05, 4.69) is 44.1 Å². The molecule has 1 aromatic heterocycles. The van der Waals surface area contributed by atoms with Gasteiger partial charge in [0, 0.05) is 38.1 Å². The Morgan fingerprint density at radius 3 is 2.36 bits per heavy atom. The summed E-state index contributed by atoms with van der Waals surface area (Å²) < 4.78 is 14.0. The molecule has 6 heteroatoms. The van der Waals surface area contributed by atoms with E-state index in [4.69, 9.17) is 0 Å². The second-order valence-corrected chi connectivity index (χ2v) is 6.84. The van der Waals surface area contributed by atoms with Crippen LogP contribution in [0.2, 0.25) is 0 Å². The first kappa shape index (κ1) is 18.2. The first-order chi connectivity index (χ1) is 13.7. The van der Waals surface area contributed by atoms with Gasteiger partial charge in [0.1, 0.15) is 11.6 Å². The summed E-state index contributed by atoms with van der Waals surface area (Å²) in [5.41, 5.74) is 2.94. The molecule has 28 heavy (non-hydrogen) atoms. The molecule has 2 heterocycles. The second kappa shape index (κ2) is 8.25. The molecule has 0 bridgehead atoms. The van der Waals surface area contributed by atoms with E-state index in [0.717, 1.165) is 44.1 Å². The summed E-state index contributed by atoms with van der Waals surface area (Å²) in [7, 11) is 0. The largest absolute Gasteiger partial charge is 0.366 e. The Hall–Kier alpha value is -3.15. The van der Waals surface area contributed by atoms with E-state index < -0.39 is 0 Å². The summed E-state index contributed by atoms with van der Waals surface area (Å²) in [6, 6.07) is 17.2. The van der Waals surface area contributed by atoms with Gasteiger partial charge in [0.2, 0.25) is 5.95 Å². The van der Waals surface area contributed by atoms with Crippen molar-refractivity contribution in [2.24, 2.45) is 0 Å². The van der Waals surface area contributed by atoms with Crippen LogP contribution in [0.15, 0.2) is 60.8 Å². The number of hydrogen-bond acceptors (Lipinski definition) is 5. The van der Waals surface area contributed by atoms with Crippen LogP contribution in [-0.4, -0.2) is 36.1 Å². The minimum absolute atomic E-state index is 0.168. The number of nitrogens with zero attached hydrogens (tertiary/aromatic N) is 4. The lowest BCUT2D eigenvalue weighted by Crippen LogP contribution is -2.47. The molecule has 0 aliphatic carbocycles. The SMILES string of the molecule is CCc1ccc(Nc2nccc(N3CCN(c4ccccc4F)CC3)n2)cc1. The van der Waals surface area contributed by atoms with Crippen LogP contribution in [0, 0.1) is 5.82 Å². The first-order valence-corrected chi connectivity index (χ1v) is 9.66. The van der Waals surface area contributed by atoms with Crippen LogP contribution >= 0.6 is 0 Å². The van der Waals surface area contributed by atoms with E-state index in [0.29, 0.717) is 11.6 Å². The van der Waals surface area contributed by atoms with E-state index in [1.165, 1.54) is 11.6 Å². The average molecular weight is 377 g/mol. The fraction of sp³-hybridized carbons (Fsp3) is 0.273. The average Bonchev–Trinajstić information content (AvgIpc) is 2.75. The maximum Gasteiger partial charge on any atom is 0.229 e. The molecular formula is C22H24FN5. The molecule has 0 saturated carbocycles. The van der Waals surface area contributed by atoms with Gasteiger partial charge in [-0.05, 0) is 42.3 Å². The number of benzene rings is 2. The van der Waals surface area contributed by atoms with Gasteiger partial charge < -0.3 is 15.1 Å². The van der Waals surface area contributed by atoms with Gasteiger partial charge in [0.25, 0.3) is 0 Å². The molecule has 0 unspecified atom stereocenters. The number of piperazine rings is 1. The Morgan fingerprint density at radius 2 is 1.64 bits per heavy atom. The summed E-state index contributed by atoms with van der Waals surface area (Å²) >= 11 is 0. The quantitative estimate of drug-likeness (QED) is 0.720. The fourth-order valence-electron chi connectivity index (χ4n) is 3.42. The van der Waals surface area contributed by atoms with Crippen molar-refractivity contribution in [3.63, 3.8) is 0 Å². The number of hydrogen-bond donors (Lipinski definition) is 1. The van der Waals surface area contributed by atoms with Crippen molar-refractivity contribution in [1.82, 2.24) is 9.97 Å². The topological polar surface area (TPSA) is 44.3 Å². The van der Waals surface area contributed by atoms with E-state index in [1.54, 1.807) is 12.3 Å². The van der Waals surface area contributed by atoms with Crippen molar-refractivity contribution in [1.29, 1.82) is 0 Å². The van der Waals surface area contributed by atoms with Gasteiger partial charge in [-0.3, -0.25) is 0 Å². The van der Waals surface area contributed by atoms with E-state index in [9.17, 15) is 4.39 Å². The molecule has 1 N–H and O–H groups in total. The lowest BCUT2D eigenvalue weighted by Gasteiger charge is -2.36. The monoisotopic (exact) mass is 377 g/mol. The fourth-order valence-corrected chi connectivity index (χ4v) is 3.42. The summed E-state index contributed by atoms with van der Waals surface area (Å²) in [5.74, 6) is 1.30. The van der Waals surface area contributed by atoms with Crippen LogP contribution in [0.25, 0.3) is 0 Å². The van der Waals surface area contributed by atoms with Gasteiger partial charge in [0.05, 0.1) is 5.69 Å². The van der Waals surface area contributed by atoms with Gasteiger partial charge >= 0.3 is 0 Å². The Labute approximate surface area is 164 Å². The number of halogens is 1. The predicted octanol–water partition coefficient (Wildman–Crippen LogP) is 4.25. The number of anilines is 4. The standard InChI is InChI=1S/C22H24FN5/c1-2-17-7-9-18(10-8-17)25-22-24-12-11-21(26-22)28-15-13-27(14-16-28)20-6-4-3-5-19(20)23/h3-12H,2,13-16H2,1H3,(H,24,25,26). The molecule has 4 rings (SSSR count). The third kappa shape index (κ3) is 4.06. The highest BCUT2D eigenvalue weighted by atomic mass is 19.1. The zero-order chi connectivity index (χ0) is 19.3. The summed E-state index contributed by atoms with van der Waals surface area (Å²) in [6.45, 7) is 5.23. The van der Waals surface area contributed by atoms with Crippen LogP contribution in [0.4, 0.5) is 27.5 Å². The van der Waals surface area contributed by atoms with Gasteiger partial charge in [-0.1, -0.05) is 31.2 Å². The Morgan fingerprint density at radius 1 is 0.929 bits per heavy atom. The molecule has 2 aromatic carbocycles. The summed E-state index contributed by atoms with van der Waals surface area (Å²) in [4.78, 5) is 13.3. The highest BCUT2D eigenvalue weighted by Gasteiger charge is 2.20. The molecule has 0 radical (unpaired) electrons. The number of aryl methyl sites for hydroxylation is 1. The van der Waals surface area contributed by atoms with Crippen molar-refractivity contribution in [3.05, 3.63) is 72.2 Å². The summed E-state index contributed by atoms with van der Waals surface area (Å²) in [5, 5.41) is 3.27. The normalized spacial score (nSPS) is 14.2. The second-order valence-electron chi connectivity index (χ2n) is 6.84. The van der Waals surface area contributed by atoms with E-state index in [-0.39, 0.29) is 5.82 Å². The molecule has 1 aliphatic heterocycles. The molecule has 1 aliphatic rings. The minimum atomic E-state index is -0.168. The molecular weight excluding hydrogens is 353 g/mol. The molecule has 144 valence electrons. The van der Waals surface area contributed by atoms with Crippen molar-refractivity contribution in [3.8, 4) is 0 Å². The number of nitrogens with one attached hydrogen (secondary N) is 1. The maximum atomic E-state index is 14.0. The lowest BCUT2D eigenvalue weighted by atomic mass is 10.1. The molecule has 3 aromatic rings. The zero-order valence-corrected chi connectivity index (χ0v) is 16.0. The van der Waals surface area contributed by atoms with Gasteiger partial charge in [-0.25, -0.2) is 9.37 Å². The molecule has 0 atom stereocenters. The Bertz CT molecular complexity index is 920. The third-order valence-electron chi connectivity index (χ3n) is 5.06. The lowest BCUT2D eigenvalue weighted by molar-refractivity contribution is 0.596. The zero-order valence-electron chi connectivity index (χ0n) is 16.0. The van der Waals surface area contributed by atoms with Crippen LogP contribution in [0.5, 0.6) is 0 Å². The van der Waals surface area contributed by atoms with Gasteiger partial charge in [0.15, 0.2) is 0 Å². The number of rotatable bonds is 5. The molecule has 0 spiro atoms. The molecule has 0 amide bonds. The molecule has 5 nitrogen and oxygen atoms in total. The minimum Gasteiger partial charge on any atom is -0.366 e. The summed E-state index contributed by atoms with van der Waals surface area (Å²) in [6.07, 6.45) is 2.79. The van der Waals surface area contributed by atoms with Gasteiger partial charge in [-0.15, -0.1) is 0 Å². The van der Waals surface area contributed by atoms with Crippen molar-refractivity contribution < 1.29 is 4.39 Å². The van der Waals surface area contributed by atoms with Crippen LogP contribution in [0.3, 0.4) is 0 Å². The van der Waals surface area contributed by atoms with E-state index >= 15 is 0 Å². The molecule has 1 saturated heterocycles. The molecule has 1 fully saturated rings. The number of para-hydroxylation sites is 1. The maximum absolute atomic E-state index is 14.0. The van der Waals surface area contributed by atoms with Crippen molar-refractivity contribution in [2.75, 3.05) is 41.3 Å². The van der Waals surface area contributed by atoms with Crippen molar-refractivity contribution >= 4 is 23.1 Å². The smallest absolute Gasteiger partial charge is 0.229 e. The predicted molar refractivity (Wildman–Crippen MR) is 112 cm³/mol. The first-order valence-electron chi connectivity index (χ1n) is 9.66. The van der Waals surface area contributed by atoms with Crippen LogP contribution < -0.4 is 15.1 Å².